The van der Waals surface area contributed by atoms with Crippen molar-refractivity contribution in [3.8, 4) is 11.5 Å². The maximum absolute atomic E-state index is 12.3. The minimum Gasteiger partial charge on any atom is -0.492 e. The van der Waals surface area contributed by atoms with Crippen LogP contribution in [0.15, 0.2) is 71.5 Å². The monoisotopic (exact) mass is 413 g/mol. The molecule has 0 bridgehead atoms. The Kier molecular flexibility index (Phi) is 7.24. The number of hydrogen-bond acceptors (Lipinski definition) is 5. The highest BCUT2D eigenvalue weighted by Gasteiger charge is 2.09. The average Bonchev–Trinajstić information content (AvgIpc) is 2.74. The van der Waals surface area contributed by atoms with E-state index in [1.807, 2.05) is 30.3 Å². The lowest BCUT2D eigenvalue weighted by molar-refractivity contribution is 0.0939. The van der Waals surface area contributed by atoms with Gasteiger partial charge in [-0.1, -0.05) is 29.8 Å². The summed E-state index contributed by atoms with van der Waals surface area (Å²) in [7, 11) is 0. The molecule has 0 saturated heterocycles. The highest BCUT2D eigenvalue weighted by Crippen LogP contribution is 2.15. The van der Waals surface area contributed by atoms with Crippen molar-refractivity contribution in [2.45, 2.75) is 6.54 Å². The zero-order valence-corrected chi connectivity index (χ0v) is 16.3. The van der Waals surface area contributed by atoms with Crippen molar-refractivity contribution in [3.05, 3.63) is 87.8 Å². The quantitative estimate of drug-likeness (QED) is 0.545. The molecule has 3 rings (SSSR count). The number of nitrogens with zero attached hydrogens (tertiary/aromatic N) is 2. The molecule has 0 aliphatic heterocycles. The van der Waals surface area contributed by atoms with E-state index in [9.17, 15) is 9.59 Å². The number of nitrogens with one attached hydrogen (secondary N) is 1. The van der Waals surface area contributed by atoms with E-state index in [2.05, 4.69) is 10.4 Å². The fraction of sp³-hybridized carbons (Fsp3) is 0.190. The molecule has 1 aromatic heterocycles. The van der Waals surface area contributed by atoms with Gasteiger partial charge in [-0.15, -0.1) is 0 Å². The fourth-order valence-corrected chi connectivity index (χ4v) is 2.58. The lowest BCUT2D eigenvalue weighted by Gasteiger charge is -2.10. The van der Waals surface area contributed by atoms with Crippen LogP contribution in [0.25, 0.3) is 0 Å². The smallest absolute Gasteiger partial charge is 0.271 e. The van der Waals surface area contributed by atoms with E-state index < -0.39 is 0 Å². The van der Waals surface area contributed by atoms with E-state index in [0.29, 0.717) is 23.1 Å². The summed E-state index contributed by atoms with van der Waals surface area (Å²) in [4.78, 5) is 24.2. The number of carbonyl (C=O) groups is 1. The Morgan fingerprint density at radius 3 is 2.38 bits per heavy atom. The molecular formula is C21H20ClN3O4. The zero-order chi connectivity index (χ0) is 20.5. The van der Waals surface area contributed by atoms with Crippen molar-refractivity contribution in [1.82, 2.24) is 15.1 Å². The number of carbonyl (C=O) groups excluding carboxylic acids is 1. The van der Waals surface area contributed by atoms with Gasteiger partial charge in [-0.2, -0.15) is 5.10 Å². The zero-order valence-electron chi connectivity index (χ0n) is 15.6. The first-order valence-electron chi connectivity index (χ1n) is 9.04. The van der Waals surface area contributed by atoms with Crippen molar-refractivity contribution in [3.63, 3.8) is 0 Å². The molecule has 0 aliphatic carbocycles. The first-order valence-corrected chi connectivity index (χ1v) is 9.42. The highest BCUT2D eigenvalue weighted by atomic mass is 35.5. The Morgan fingerprint density at radius 1 is 0.931 bits per heavy atom. The van der Waals surface area contributed by atoms with Gasteiger partial charge < -0.3 is 14.8 Å². The van der Waals surface area contributed by atoms with Crippen molar-refractivity contribution < 1.29 is 14.3 Å². The molecule has 0 unspecified atom stereocenters. The Balaban J connectivity index is 1.48. The molecule has 0 radical (unpaired) electrons. The van der Waals surface area contributed by atoms with Gasteiger partial charge in [-0.05, 0) is 42.5 Å². The van der Waals surface area contributed by atoms with E-state index in [1.165, 1.54) is 16.8 Å². The standard InChI is InChI=1S/C21H20ClN3O4/c22-16-6-8-18(9-7-16)28-14-12-23-21(27)19-10-11-20(26)25(24-19)13-15-29-17-4-2-1-3-5-17/h1-11H,12-15H2,(H,23,27). The second-order valence-corrected chi connectivity index (χ2v) is 6.44. The summed E-state index contributed by atoms with van der Waals surface area (Å²) in [6, 6.07) is 18.9. The maximum atomic E-state index is 12.3. The number of benzene rings is 2. The van der Waals surface area contributed by atoms with Gasteiger partial charge in [0.25, 0.3) is 11.5 Å². The Hall–Kier alpha value is -3.32. The molecule has 0 spiro atoms. The molecule has 29 heavy (non-hydrogen) atoms. The number of ether oxygens (including phenoxy) is 2. The topological polar surface area (TPSA) is 82.5 Å². The summed E-state index contributed by atoms with van der Waals surface area (Å²) in [5.74, 6) is 0.978. The van der Waals surface area contributed by atoms with Crippen molar-refractivity contribution >= 4 is 17.5 Å². The summed E-state index contributed by atoms with van der Waals surface area (Å²) in [6.45, 7) is 1.07. The van der Waals surface area contributed by atoms with Crippen LogP contribution >= 0.6 is 11.6 Å². The molecule has 0 saturated carbocycles. The van der Waals surface area contributed by atoms with Crippen molar-refractivity contribution in [2.75, 3.05) is 19.8 Å². The van der Waals surface area contributed by atoms with Gasteiger partial charge in [0, 0.05) is 11.1 Å². The van der Waals surface area contributed by atoms with E-state index in [-0.39, 0.29) is 36.9 Å². The maximum Gasteiger partial charge on any atom is 0.271 e. The molecule has 1 amide bonds. The van der Waals surface area contributed by atoms with Crippen LogP contribution in [0.2, 0.25) is 5.02 Å². The summed E-state index contributed by atoms with van der Waals surface area (Å²) in [5, 5.41) is 7.44. The molecule has 1 heterocycles. The van der Waals surface area contributed by atoms with Crippen LogP contribution < -0.4 is 20.3 Å². The minimum atomic E-state index is -0.387. The number of aromatic nitrogens is 2. The molecular weight excluding hydrogens is 394 g/mol. The predicted octanol–water partition coefficient (Wildman–Crippen LogP) is 2.78. The van der Waals surface area contributed by atoms with Gasteiger partial charge in [0.15, 0.2) is 0 Å². The SMILES string of the molecule is O=C(NCCOc1ccc(Cl)cc1)c1ccc(=O)n(CCOc2ccccc2)n1. The van der Waals surface area contributed by atoms with Crippen LogP contribution in [0, 0.1) is 0 Å². The summed E-state index contributed by atoms with van der Waals surface area (Å²) < 4.78 is 12.3. The largest absolute Gasteiger partial charge is 0.492 e. The van der Waals surface area contributed by atoms with Crippen LogP contribution in [0.5, 0.6) is 11.5 Å². The minimum absolute atomic E-state index is 0.149. The fourth-order valence-electron chi connectivity index (χ4n) is 2.45. The number of amides is 1. The molecule has 150 valence electrons. The van der Waals surface area contributed by atoms with Crippen LogP contribution in [-0.2, 0) is 6.54 Å². The first-order chi connectivity index (χ1) is 14.1. The van der Waals surface area contributed by atoms with Gasteiger partial charge >= 0.3 is 0 Å². The molecule has 7 nitrogen and oxygen atoms in total. The van der Waals surface area contributed by atoms with Crippen LogP contribution in [0.1, 0.15) is 10.5 Å². The van der Waals surface area contributed by atoms with Crippen LogP contribution in [0.3, 0.4) is 0 Å². The molecule has 0 atom stereocenters. The first kappa shape index (κ1) is 20.4. The van der Waals surface area contributed by atoms with Gasteiger partial charge in [-0.3, -0.25) is 9.59 Å². The number of halogens is 1. The van der Waals surface area contributed by atoms with Crippen LogP contribution in [-0.4, -0.2) is 35.4 Å². The van der Waals surface area contributed by atoms with E-state index in [4.69, 9.17) is 21.1 Å². The van der Waals surface area contributed by atoms with Crippen molar-refractivity contribution in [2.24, 2.45) is 0 Å². The molecule has 3 aromatic rings. The Morgan fingerprint density at radius 2 is 1.62 bits per heavy atom. The molecule has 0 fully saturated rings. The Labute approximate surface area is 172 Å². The van der Waals surface area contributed by atoms with Gasteiger partial charge in [0.2, 0.25) is 0 Å². The van der Waals surface area contributed by atoms with Gasteiger partial charge in [-0.25, -0.2) is 4.68 Å². The number of hydrogen-bond donors (Lipinski definition) is 1. The number of rotatable bonds is 9. The predicted molar refractivity (Wildman–Crippen MR) is 110 cm³/mol. The second-order valence-electron chi connectivity index (χ2n) is 6.00. The normalized spacial score (nSPS) is 10.4. The van der Waals surface area contributed by atoms with Gasteiger partial charge in [0.1, 0.15) is 30.4 Å². The third-order valence-corrected chi connectivity index (χ3v) is 4.14. The highest BCUT2D eigenvalue weighted by molar-refractivity contribution is 6.30. The number of para-hydroxylation sites is 1. The van der Waals surface area contributed by atoms with E-state index in [0.717, 1.165) is 0 Å². The summed E-state index contributed by atoms with van der Waals surface area (Å²) in [5.41, 5.74) is -0.153. The van der Waals surface area contributed by atoms with Crippen molar-refractivity contribution in [1.29, 1.82) is 0 Å². The van der Waals surface area contributed by atoms with Crippen LogP contribution in [0.4, 0.5) is 0 Å². The summed E-state index contributed by atoms with van der Waals surface area (Å²) >= 11 is 5.82. The summed E-state index contributed by atoms with van der Waals surface area (Å²) in [6.07, 6.45) is 0. The second kappa shape index (κ2) is 10.3. The Bertz CT molecular complexity index is 991. The van der Waals surface area contributed by atoms with Gasteiger partial charge in [0.05, 0.1) is 13.1 Å². The lowest BCUT2D eigenvalue weighted by Crippen LogP contribution is -2.32. The average molecular weight is 414 g/mol. The van der Waals surface area contributed by atoms with E-state index >= 15 is 0 Å². The molecule has 0 aliphatic rings. The molecule has 8 heteroatoms. The third kappa shape index (κ3) is 6.36. The third-order valence-electron chi connectivity index (χ3n) is 3.88. The van der Waals surface area contributed by atoms with E-state index in [1.54, 1.807) is 24.3 Å². The molecule has 1 N–H and O–H groups in total. The lowest BCUT2D eigenvalue weighted by atomic mass is 10.3. The molecule has 2 aromatic carbocycles.